The van der Waals surface area contributed by atoms with E-state index in [2.05, 4.69) is 43.1 Å². The Hall–Kier alpha value is -1.51. The van der Waals surface area contributed by atoms with Crippen molar-refractivity contribution in [1.82, 2.24) is 0 Å². The van der Waals surface area contributed by atoms with Crippen LogP contribution in [0.3, 0.4) is 0 Å². The predicted molar refractivity (Wildman–Crippen MR) is 82.6 cm³/mol. The van der Waals surface area contributed by atoms with E-state index in [1.807, 2.05) is 18.2 Å². The molecule has 3 heteroatoms. The van der Waals surface area contributed by atoms with Gasteiger partial charge < -0.3 is 10.6 Å². The molecule has 0 fully saturated rings. The summed E-state index contributed by atoms with van der Waals surface area (Å²) in [6.07, 6.45) is 0. The van der Waals surface area contributed by atoms with Crippen LogP contribution in [0.25, 0.3) is 0 Å². The third kappa shape index (κ3) is 3.49. The highest BCUT2D eigenvalue weighted by Crippen LogP contribution is 2.24. The Morgan fingerprint density at radius 3 is 2.63 bits per heavy atom. The van der Waals surface area contributed by atoms with E-state index < -0.39 is 0 Å². The van der Waals surface area contributed by atoms with Crippen molar-refractivity contribution >= 4 is 17.3 Å². The summed E-state index contributed by atoms with van der Waals surface area (Å²) in [5.74, 6) is 0. The maximum Gasteiger partial charge on any atom is 0.0426 e. The number of hydrogen-bond acceptors (Lipinski definition) is 2. The number of halogens is 1. The van der Waals surface area contributed by atoms with Crippen molar-refractivity contribution in [1.29, 1.82) is 0 Å². The first-order valence-corrected chi connectivity index (χ1v) is 6.73. The van der Waals surface area contributed by atoms with Crippen LogP contribution in [0.15, 0.2) is 42.5 Å². The minimum absolute atomic E-state index is 0.494. The van der Waals surface area contributed by atoms with E-state index >= 15 is 0 Å². The van der Waals surface area contributed by atoms with Crippen LogP contribution in [0.4, 0.5) is 5.69 Å². The van der Waals surface area contributed by atoms with Crippen molar-refractivity contribution in [3.63, 3.8) is 0 Å². The highest BCUT2D eigenvalue weighted by molar-refractivity contribution is 6.30. The molecule has 0 heterocycles. The molecule has 0 saturated heterocycles. The van der Waals surface area contributed by atoms with Crippen molar-refractivity contribution in [2.45, 2.75) is 20.0 Å². The van der Waals surface area contributed by atoms with E-state index in [1.54, 1.807) is 0 Å². The Morgan fingerprint density at radius 1 is 1.16 bits per heavy atom. The monoisotopic (exact) mass is 274 g/mol. The summed E-state index contributed by atoms with van der Waals surface area (Å²) in [5, 5.41) is 0.730. The summed E-state index contributed by atoms with van der Waals surface area (Å²) in [4.78, 5) is 2.20. The molecule has 0 amide bonds. The second kappa shape index (κ2) is 6.09. The number of anilines is 1. The smallest absolute Gasteiger partial charge is 0.0426 e. The first kappa shape index (κ1) is 13.9. The third-order valence-electron chi connectivity index (χ3n) is 3.17. The normalized spacial score (nSPS) is 10.5. The van der Waals surface area contributed by atoms with E-state index in [9.17, 15) is 0 Å². The van der Waals surface area contributed by atoms with E-state index in [-0.39, 0.29) is 0 Å². The van der Waals surface area contributed by atoms with Gasteiger partial charge in [-0.15, -0.1) is 0 Å². The van der Waals surface area contributed by atoms with Crippen LogP contribution in [0.1, 0.15) is 16.7 Å². The highest BCUT2D eigenvalue weighted by atomic mass is 35.5. The fourth-order valence-corrected chi connectivity index (χ4v) is 2.45. The van der Waals surface area contributed by atoms with Crippen molar-refractivity contribution in [3.05, 3.63) is 64.2 Å². The number of rotatable bonds is 4. The minimum atomic E-state index is 0.494. The minimum Gasteiger partial charge on any atom is -0.370 e. The first-order valence-electron chi connectivity index (χ1n) is 6.35. The van der Waals surface area contributed by atoms with Gasteiger partial charge in [-0.25, -0.2) is 0 Å². The molecule has 0 bridgehead atoms. The molecular weight excluding hydrogens is 256 g/mol. The zero-order valence-electron chi connectivity index (χ0n) is 11.4. The van der Waals surface area contributed by atoms with Crippen LogP contribution in [-0.4, -0.2) is 7.05 Å². The zero-order valence-corrected chi connectivity index (χ0v) is 12.1. The number of benzene rings is 2. The second-order valence-corrected chi connectivity index (χ2v) is 5.26. The lowest BCUT2D eigenvalue weighted by atomic mass is 10.1. The summed E-state index contributed by atoms with van der Waals surface area (Å²) >= 11 is 6.01. The molecule has 0 unspecified atom stereocenters. The van der Waals surface area contributed by atoms with Gasteiger partial charge in [0.15, 0.2) is 0 Å². The molecule has 0 saturated carbocycles. The second-order valence-electron chi connectivity index (χ2n) is 4.82. The summed E-state index contributed by atoms with van der Waals surface area (Å²) in [6.45, 7) is 3.46. The molecule has 2 aromatic rings. The van der Waals surface area contributed by atoms with Gasteiger partial charge >= 0.3 is 0 Å². The van der Waals surface area contributed by atoms with Crippen LogP contribution in [-0.2, 0) is 13.1 Å². The molecule has 19 heavy (non-hydrogen) atoms. The summed E-state index contributed by atoms with van der Waals surface area (Å²) in [7, 11) is 2.07. The van der Waals surface area contributed by atoms with Gasteiger partial charge in [0, 0.05) is 30.8 Å². The highest BCUT2D eigenvalue weighted by Gasteiger charge is 2.08. The Morgan fingerprint density at radius 2 is 1.95 bits per heavy atom. The maximum absolute atomic E-state index is 6.01. The van der Waals surface area contributed by atoms with E-state index in [1.165, 1.54) is 11.1 Å². The maximum atomic E-state index is 6.01. The van der Waals surface area contributed by atoms with E-state index in [4.69, 9.17) is 17.3 Å². The Labute approximate surface area is 119 Å². The molecule has 0 aliphatic rings. The number of hydrogen-bond donors (Lipinski definition) is 1. The van der Waals surface area contributed by atoms with Gasteiger partial charge in [0.05, 0.1) is 0 Å². The molecule has 2 N–H and O–H groups in total. The van der Waals surface area contributed by atoms with Crippen LogP contribution >= 0.6 is 11.6 Å². The molecule has 0 radical (unpaired) electrons. The predicted octanol–water partition coefficient (Wildman–Crippen LogP) is 3.74. The lowest BCUT2D eigenvalue weighted by molar-refractivity contribution is 0.903. The van der Waals surface area contributed by atoms with Crippen molar-refractivity contribution < 1.29 is 0 Å². The largest absolute Gasteiger partial charge is 0.370 e. The van der Waals surface area contributed by atoms with Gasteiger partial charge in [-0.3, -0.25) is 0 Å². The van der Waals surface area contributed by atoms with Gasteiger partial charge in [-0.05, 0) is 36.2 Å². The fourth-order valence-electron chi connectivity index (χ4n) is 2.26. The first-order chi connectivity index (χ1) is 9.10. The van der Waals surface area contributed by atoms with Gasteiger partial charge in [0.2, 0.25) is 0 Å². The summed E-state index contributed by atoms with van der Waals surface area (Å²) < 4.78 is 0. The quantitative estimate of drug-likeness (QED) is 0.920. The van der Waals surface area contributed by atoms with Gasteiger partial charge in [0.25, 0.3) is 0 Å². The average molecular weight is 275 g/mol. The fraction of sp³-hybridized carbons (Fsp3) is 0.250. The average Bonchev–Trinajstić information content (AvgIpc) is 2.38. The summed E-state index contributed by atoms with van der Waals surface area (Å²) in [6, 6.07) is 14.4. The van der Waals surface area contributed by atoms with Crippen LogP contribution < -0.4 is 10.6 Å². The topological polar surface area (TPSA) is 29.3 Å². The lowest BCUT2D eigenvalue weighted by Gasteiger charge is -2.22. The van der Waals surface area contributed by atoms with Crippen molar-refractivity contribution in [3.8, 4) is 0 Å². The van der Waals surface area contributed by atoms with E-state index in [0.29, 0.717) is 6.54 Å². The van der Waals surface area contributed by atoms with Crippen LogP contribution in [0, 0.1) is 6.92 Å². The number of nitrogens with two attached hydrogens (primary N) is 1. The number of aryl methyl sites for hydroxylation is 1. The van der Waals surface area contributed by atoms with Crippen molar-refractivity contribution in [2.75, 3.05) is 11.9 Å². The molecule has 2 nitrogen and oxygen atoms in total. The van der Waals surface area contributed by atoms with Gasteiger partial charge in [0.1, 0.15) is 0 Å². The Bertz CT molecular complexity index is 566. The van der Waals surface area contributed by atoms with Crippen LogP contribution in [0.2, 0.25) is 5.02 Å². The standard InChI is InChI=1S/C16H19ClN2/c1-12-4-3-5-13(8-12)11-19(2)16-7-6-15(17)9-14(16)10-18/h3-9H,10-11,18H2,1-2H3. The van der Waals surface area contributed by atoms with Crippen molar-refractivity contribution in [2.24, 2.45) is 5.73 Å². The molecule has 0 spiro atoms. The molecule has 2 rings (SSSR count). The van der Waals surface area contributed by atoms with E-state index in [0.717, 1.165) is 22.8 Å². The molecule has 0 aromatic heterocycles. The molecule has 0 atom stereocenters. The number of nitrogens with zero attached hydrogens (tertiary/aromatic N) is 1. The van der Waals surface area contributed by atoms with Crippen LogP contribution in [0.5, 0.6) is 0 Å². The molecule has 0 aliphatic heterocycles. The zero-order chi connectivity index (χ0) is 13.8. The third-order valence-corrected chi connectivity index (χ3v) is 3.41. The Balaban J connectivity index is 2.22. The molecule has 0 aliphatic carbocycles. The Kier molecular flexibility index (Phi) is 4.46. The van der Waals surface area contributed by atoms with Gasteiger partial charge in [-0.1, -0.05) is 41.4 Å². The SMILES string of the molecule is Cc1cccc(CN(C)c2ccc(Cl)cc2CN)c1. The molecule has 2 aromatic carbocycles. The lowest BCUT2D eigenvalue weighted by Crippen LogP contribution is -2.19. The summed E-state index contributed by atoms with van der Waals surface area (Å²) in [5.41, 5.74) is 10.6. The molecular formula is C16H19ClN2. The van der Waals surface area contributed by atoms with Gasteiger partial charge in [-0.2, -0.15) is 0 Å². The molecule has 100 valence electrons.